The van der Waals surface area contributed by atoms with E-state index in [9.17, 15) is 0 Å². The Morgan fingerprint density at radius 3 is 2.89 bits per heavy atom. The molecule has 0 fully saturated rings. The summed E-state index contributed by atoms with van der Waals surface area (Å²) in [5.41, 5.74) is 2.37. The number of nitrogens with one attached hydrogen (secondary N) is 2. The van der Waals surface area contributed by atoms with Crippen molar-refractivity contribution in [1.29, 1.82) is 0 Å². The number of guanidine groups is 1. The number of aryl methyl sites for hydroxylation is 1. The predicted octanol–water partition coefficient (Wildman–Crippen LogP) is 1.60. The van der Waals surface area contributed by atoms with E-state index in [2.05, 4.69) is 54.4 Å². The highest BCUT2D eigenvalue weighted by Gasteiger charge is 2.25. The number of hydrogen-bond acceptors (Lipinski definition) is 4. The third kappa shape index (κ3) is 2.81. The van der Waals surface area contributed by atoms with E-state index in [1.54, 1.807) is 0 Å². The van der Waals surface area contributed by atoms with Crippen molar-refractivity contribution in [2.45, 2.75) is 39.2 Å². The van der Waals surface area contributed by atoms with Gasteiger partial charge in [0.1, 0.15) is 0 Å². The summed E-state index contributed by atoms with van der Waals surface area (Å²) in [6, 6.07) is 4.52. The molecule has 2 heterocycles. The molecule has 4 heteroatoms. The molecule has 0 bridgehead atoms. The van der Waals surface area contributed by atoms with E-state index in [1.165, 1.54) is 5.56 Å². The van der Waals surface area contributed by atoms with Crippen LogP contribution in [0, 0.1) is 6.92 Å². The predicted molar refractivity (Wildman–Crippen MR) is 74.9 cm³/mol. The lowest BCUT2D eigenvalue weighted by Crippen LogP contribution is -2.43. The zero-order chi connectivity index (χ0) is 13.2. The Hall–Kier alpha value is -1.58. The molecule has 1 aliphatic rings. The molecule has 2 N–H and O–H groups in total. The maximum absolute atomic E-state index is 4.51. The van der Waals surface area contributed by atoms with E-state index in [1.807, 2.05) is 12.3 Å². The van der Waals surface area contributed by atoms with Crippen molar-refractivity contribution in [2.75, 3.05) is 13.1 Å². The zero-order valence-electron chi connectivity index (χ0n) is 11.6. The van der Waals surface area contributed by atoms with E-state index >= 15 is 0 Å². The standard InChI is InChI=1S/C14H22N4/c1-10-6-5-7-15-12(10)14(3,4)9-17-13-16-8-11(2)18-13/h5-7,11H,8-9H2,1-4H3,(H2,16,17,18). The van der Waals surface area contributed by atoms with Gasteiger partial charge in [-0.1, -0.05) is 19.9 Å². The smallest absolute Gasteiger partial charge is 0.191 e. The molecule has 1 aliphatic heterocycles. The molecule has 1 aromatic heterocycles. The lowest BCUT2D eigenvalue weighted by molar-refractivity contribution is 0.491. The molecule has 0 radical (unpaired) electrons. The largest absolute Gasteiger partial charge is 0.355 e. The minimum absolute atomic E-state index is 0.0125. The van der Waals surface area contributed by atoms with Crippen molar-refractivity contribution in [2.24, 2.45) is 4.99 Å². The van der Waals surface area contributed by atoms with Gasteiger partial charge >= 0.3 is 0 Å². The summed E-state index contributed by atoms with van der Waals surface area (Å²) in [4.78, 5) is 8.92. The van der Waals surface area contributed by atoms with Gasteiger partial charge in [-0.2, -0.15) is 0 Å². The van der Waals surface area contributed by atoms with Gasteiger partial charge in [0.05, 0.1) is 12.2 Å². The summed E-state index contributed by atoms with van der Waals surface area (Å²) in [7, 11) is 0. The molecular weight excluding hydrogens is 224 g/mol. The molecule has 1 atom stereocenters. The van der Waals surface area contributed by atoms with Crippen LogP contribution in [0.2, 0.25) is 0 Å². The van der Waals surface area contributed by atoms with Crippen molar-refractivity contribution in [3.63, 3.8) is 0 Å². The van der Waals surface area contributed by atoms with Gasteiger partial charge < -0.3 is 10.6 Å². The van der Waals surface area contributed by atoms with Crippen molar-refractivity contribution >= 4 is 5.96 Å². The normalized spacial score (nSPS) is 19.3. The lowest BCUT2D eigenvalue weighted by atomic mass is 9.86. The Kier molecular flexibility index (Phi) is 3.55. The molecule has 0 amide bonds. The summed E-state index contributed by atoms with van der Waals surface area (Å²) < 4.78 is 0. The lowest BCUT2D eigenvalue weighted by Gasteiger charge is -2.26. The molecular formula is C14H22N4. The second-order valence-corrected chi connectivity index (χ2v) is 5.64. The first-order chi connectivity index (χ1) is 8.49. The van der Waals surface area contributed by atoms with Crippen LogP contribution in [0.3, 0.4) is 0 Å². The van der Waals surface area contributed by atoms with Crippen LogP contribution in [0.5, 0.6) is 0 Å². The highest BCUT2D eigenvalue weighted by atomic mass is 15.2. The first-order valence-electron chi connectivity index (χ1n) is 6.46. The van der Waals surface area contributed by atoms with Crippen molar-refractivity contribution in [3.05, 3.63) is 29.6 Å². The molecule has 0 spiro atoms. The molecule has 0 saturated carbocycles. The van der Waals surface area contributed by atoms with Crippen LogP contribution < -0.4 is 10.6 Å². The summed E-state index contributed by atoms with van der Waals surface area (Å²) in [6.45, 7) is 10.3. The maximum Gasteiger partial charge on any atom is 0.191 e. The van der Waals surface area contributed by atoms with Crippen molar-refractivity contribution in [3.8, 4) is 0 Å². The highest BCUT2D eigenvalue weighted by molar-refractivity contribution is 5.81. The van der Waals surface area contributed by atoms with Gasteiger partial charge in [0.25, 0.3) is 0 Å². The molecule has 1 unspecified atom stereocenters. The molecule has 4 nitrogen and oxygen atoms in total. The number of aliphatic imine (C=N–C) groups is 1. The number of nitrogens with zero attached hydrogens (tertiary/aromatic N) is 2. The Morgan fingerprint density at radius 1 is 1.50 bits per heavy atom. The fraction of sp³-hybridized carbons (Fsp3) is 0.571. The minimum atomic E-state index is -0.0125. The molecule has 0 aliphatic carbocycles. The number of aromatic nitrogens is 1. The zero-order valence-corrected chi connectivity index (χ0v) is 11.6. The average Bonchev–Trinajstić information content (AvgIpc) is 2.73. The SMILES string of the molecule is Cc1cccnc1C(C)(C)CNC1=NCC(C)N1. The Bertz CT molecular complexity index is 451. The Labute approximate surface area is 109 Å². The van der Waals surface area contributed by atoms with E-state index in [0.717, 1.165) is 24.7 Å². The van der Waals surface area contributed by atoms with Gasteiger partial charge in [0.2, 0.25) is 0 Å². The quantitative estimate of drug-likeness (QED) is 0.852. The van der Waals surface area contributed by atoms with Crippen LogP contribution in [-0.4, -0.2) is 30.1 Å². The van der Waals surface area contributed by atoms with Gasteiger partial charge in [-0.25, -0.2) is 0 Å². The second-order valence-electron chi connectivity index (χ2n) is 5.64. The van der Waals surface area contributed by atoms with Gasteiger partial charge in [0, 0.05) is 24.2 Å². The van der Waals surface area contributed by atoms with E-state index in [-0.39, 0.29) is 5.41 Å². The van der Waals surface area contributed by atoms with Gasteiger partial charge in [-0.3, -0.25) is 9.98 Å². The summed E-state index contributed by atoms with van der Waals surface area (Å²) in [6.07, 6.45) is 1.86. The number of rotatable bonds is 3. The van der Waals surface area contributed by atoms with Crippen LogP contribution in [-0.2, 0) is 5.41 Å². The molecule has 2 rings (SSSR count). The van der Waals surface area contributed by atoms with Crippen LogP contribution >= 0.6 is 0 Å². The molecule has 0 aromatic carbocycles. The summed E-state index contributed by atoms with van der Waals surface area (Å²) in [5, 5.41) is 6.69. The van der Waals surface area contributed by atoms with Crippen LogP contribution in [0.1, 0.15) is 32.0 Å². The average molecular weight is 246 g/mol. The molecule has 18 heavy (non-hydrogen) atoms. The molecule has 98 valence electrons. The highest BCUT2D eigenvalue weighted by Crippen LogP contribution is 2.23. The fourth-order valence-electron chi connectivity index (χ4n) is 2.24. The second kappa shape index (κ2) is 4.96. The Balaban J connectivity index is 2.02. The molecule has 1 aromatic rings. The van der Waals surface area contributed by atoms with Crippen molar-refractivity contribution in [1.82, 2.24) is 15.6 Å². The first-order valence-corrected chi connectivity index (χ1v) is 6.46. The van der Waals surface area contributed by atoms with Gasteiger partial charge in [-0.05, 0) is 25.5 Å². The third-order valence-corrected chi connectivity index (χ3v) is 3.25. The minimum Gasteiger partial charge on any atom is -0.355 e. The van der Waals surface area contributed by atoms with E-state index < -0.39 is 0 Å². The van der Waals surface area contributed by atoms with Crippen molar-refractivity contribution < 1.29 is 0 Å². The van der Waals surface area contributed by atoms with Gasteiger partial charge in [-0.15, -0.1) is 0 Å². The van der Waals surface area contributed by atoms with Crippen LogP contribution in [0.4, 0.5) is 0 Å². The van der Waals surface area contributed by atoms with Crippen LogP contribution in [0.25, 0.3) is 0 Å². The Morgan fingerprint density at radius 2 is 2.28 bits per heavy atom. The van der Waals surface area contributed by atoms with Gasteiger partial charge in [0.15, 0.2) is 5.96 Å². The topological polar surface area (TPSA) is 49.3 Å². The maximum atomic E-state index is 4.51. The number of hydrogen-bond donors (Lipinski definition) is 2. The number of pyridine rings is 1. The van der Waals surface area contributed by atoms with Crippen LogP contribution in [0.15, 0.2) is 23.3 Å². The third-order valence-electron chi connectivity index (χ3n) is 3.25. The van der Waals surface area contributed by atoms with E-state index in [4.69, 9.17) is 0 Å². The summed E-state index contributed by atoms with van der Waals surface area (Å²) in [5.74, 6) is 0.907. The monoisotopic (exact) mass is 246 g/mol. The first kappa shape index (κ1) is 12.9. The fourth-order valence-corrected chi connectivity index (χ4v) is 2.24. The van der Waals surface area contributed by atoms with E-state index in [0.29, 0.717) is 6.04 Å². The molecule has 0 saturated heterocycles. The summed E-state index contributed by atoms with van der Waals surface area (Å²) >= 11 is 0.